The van der Waals surface area contributed by atoms with E-state index in [9.17, 15) is 18.0 Å². The normalized spacial score (nSPS) is 13.0. The van der Waals surface area contributed by atoms with Crippen LogP contribution in [0.25, 0.3) is 0 Å². The number of halogens is 3. The van der Waals surface area contributed by atoms with Gasteiger partial charge in [0.05, 0.1) is 6.61 Å². The SMILES string of the molecule is CCOC(=S)S[CH]CC(NC(C)=O)C(F)(F)F. The summed E-state index contributed by atoms with van der Waals surface area (Å²) in [6.45, 7) is 3.13. The average Bonchev–Trinajstić information content (AvgIpc) is 2.14. The second-order valence-electron chi connectivity index (χ2n) is 3.00. The van der Waals surface area contributed by atoms with E-state index in [-0.39, 0.29) is 10.8 Å². The highest BCUT2D eigenvalue weighted by Gasteiger charge is 2.39. The predicted molar refractivity (Wildman–Crippen MR) is 64.4 cm³/mol. The molecule has 1 atom stereocenters. The maximum Gasteiger partial charge on any atom is 0.408 e. The summed E-state index contributed by atoms with van der Waals surface area (Å²) in [5, 5.41) is 1.83. The van der Waals surface area contributed by atoms with Gasteiger partial charge in [-0.15, -0.1) is 0 Å². The van der Waals surface area contributed by atoms with Gasteiger partial charge in [0.1, 0.15) is 6.04 Å². The summed E-state index contributed by atoms with van der Waals surface area (Å²) in [4.78, 5) is 10.6. The Morgan fingerprint density at radius 2 is 2.18 bits per heavy atom. The molecule has 0 aliphatic heterocycles. The molecule has 0 saturated carbocycles. The van der Waals surface area contributed by atoms with Gasteiger partial charge in [0.15, 0.2) is 0 Å². The summed E-state index contributed by atoms with van der Waals surface area (Å²) in [5.41, 5.74) is 0. The lowest BCUT2D eigenvalue weighted by Gasteiger charge is -2.20. The van der Waals surface area contributed by atoms with Gasteiger partial charge in [-0.2, -0.15) is 13.2 Å². The van der Waals surface area contributed by atoms with Crippen LogP contribution in [0.4, 0.5) is 13.2 Å². The van der Waals surface area contributed by atoms with Crippen LogP contribution in [0.3, 0.4) is 0 Å². The molecule has 0 rings (SSSR count). The van der Waals surface area contributed by atoms with Gasteiger partial charge in [-0.3, -0.25) is 4.79 Å². The number of thiocarbonyl (C=S) groups is 1. The van der Waals surface area contributed by atoms with Crippen LogP contribution in [0.2, 0.25) is 0 Å². The van der Waals surface area contributed by atoms with Gasteiger partial charge in [0, 0.05) is 12.7 Å². The van der Waals surface area contributed by atoms with Gasteiger partial charge in [0.2, 0.25) is 10.3 Å². The van der Waals surface area contributed by atoms with E-state index in [1.54, 1.807) is 6.92 Å². The number of alkyl halides is 3. The third-order valence-electron chi connectivity index (χ3n) is 1.55. The molecule has 0 aromatic rings. The Balaban J connectivity index is 4.09. The van der Waals surface area contributed by atoms with Crippen molar-refractivity contribution in [3.8, 4) is 0 Å². The minimum atomic E-state index is -4.48. The zero-order valence-electron chi connectivity index (χ0n) is 9.34. The highest BCUT2D eigenvalue weighted by molar-refractivity contribution is 8.23. The Hall–Kier alpha value is -0.500. The van der Waals surface area contributed by atoms with Crippen LogP contribution in [0.5, 0.6) is 0 Å². The number of hydrogen-bond donors (Lipinski definition) is 1. The third kappa shape index (κ3) is 8.25. The standard InChI is InChI=1S/C9H13F3NO2S2/c1-3-15-8(16)17-5-4-7(9(10,11)12)13-6(2)14/h5,7H,3-4H2,1-2H3,(H,13,14). The lowest BCUT2D eigenvalue weighted by Crippen LogP contribution is -2.44. The fourth-order valence-electron chi connectivity index (χ4n) is 0.884. The fourth-order valence-corrected chi connectivity index (χ4v) is 1.82. The van der Waals surface area contributed by atoms with Crippen molar-refractivity contribution >= 4 is 34.3 Å². The minimum absolute atomic E-state index is 0.163. The van der Waals surface area contributed by atoms with Gasteiger partial charge >= 0.3 is 6.18 Å². The number of amides is 1. The number of carbonyl (C=O) groups is 1. The number of thioether (sulfide) groups is 1. The number of rotatable bonds is 5. The molecule has 0 saturated heterocycles. The van der Waals surface area contributed by atoms with Gasteiger partial charge in [-0.1, -0.05) is 11.8 Å². The summed E-state index contributed by atoms with van der Waals surface area (Å²) >= 11 is 5.63. The lowest BCUT2D eigenvalue weighted by atomic mass is 10.2. The van der Waals surface area contributed by atoms with Crippen LogP contribution in [0.15, 0.2) is 0 Å². The smallest absolute Gasteiger partial charge is 0.408 e. The summed E-state index contributed by atoms with van der Waals surface area (Å²) < 4.78 is 42.4. The van der Waals surface area contributed by atoms with Crippen molar-refractivity contribution in [1.29, 1.82) is 0 Å². The van der Waals surface area contributed by atoms with Crippen LogP contribution in [-0.2, 0) is 9.53 Å². The Labute approximate surface area is 107 Å². The van der Waals surface area contributed by atoms with E-state index in [4.69, 9.17) is 17.0 Å². The topological polar surface area (TPSA) is 38.3 Å². The molecular formula is C9H13F3NO2S2. The molecule has 1 amide bonds. The van der Waals surface area contributed by atoms with E-state index in [0.717, 1.165) is 18.7 Å². The van der Waals surface area contributed by atoms with Crippen LogP contribution >= 0.6 is 24.0 Å². The number of hydrogen-bond acceptors (Lipinski definition) is 4. The molecular weight excluding hydrogens is 275 g/mol. The van der Waals surface area contributed by atoms with E-state index >= 15 is 0 Å². The van der Waals surface area contributed by atoms with Crippen molar-refractivity contribution in [3.05, 3.63) is 5.75 Å². The van der Waals surface area contributed by atoms with Gasteiger partial charge < -0.3 is 10.1 Å². The summed E-state index contributed by atoms with van der Waals surface area (Å²) in [6, 6.07) is -1.89. The summed E-state index contributed by atoms with van der Waals surface area (Å²) in [7, 11) is 0. The van der Waals surface area contributed by atoms with Crippen molar-refractivity contribution in [3.63, 3.8) is 0 Å². The van der Waals surface area contributed by atoms with E-state index < -0.39 is 18.1 Å². The molecule has 0 aliphatic carbocycles. The molecule has 17 heavy (non-hydrogen) atoms. The van der Waals surface area contributed by atoms with E-state index in [1.165, 1.54) is 5.75 Å². The lowest BCUT2D eigenvalue weighted by molar-refractivity contribution is -0.160. The number of ether oxygens (including phenoxy) is 1. The van der Waals surface area contributed by atoms with Crippen molar-refractivity contribution in [1.82, 2.24) is 5.32 Å². The molecule has 3 nitrogen and oxygen atoms in total. The van der Waals surface area contributed by atoms with Crippen LogP contribution in [0, 0.1) is 5.75 Å². The summed E-state index contributed by atoms with van der Waals surface area (Å²) in [5.74, 6) is 0.546. The molecule has 0 aliphatic rings. The van der Waals surface area contributed by atoms with Crippen molar-refractivity contribution in [2.24, 2.45) is 0 Å². The molecule has 0 aromatic carbocycles. The number of nitrogens with one attached hydrogen (secondary N) is 1. The highest BCUT2D eigenvalue weighted by atomic mass is 32.2. The quantitative estimate of drug-likeness (QED) is 0.789. The maximum absolute atomic E-state index is 12.4. The fraction of sp³-hybridized carbons (Fsp3) is 0.667. The largest absolute Gasteiger partial charge is 0.479 e. The van der Waals surface area contributed by atoms with Gasteiger partial charge in [0.25, 0.3) is 0 Å². The van der Waals surface area contributed by atoms with Crippen LogP contribution < -0.4 is 5.32 Å². The molecule has 0 heterocycles. The van der Waals surface area contributed by atoms with Gasteiger partial charge in [-0.25, -0.2) is 0 Å². The maximum atomic E-state index is 12.4. The molecule has 0 fully saturated rings. The Kier molecular flexibility index (Phi) is 7.53. The second-order valence-corrected chi connectivity index (χ2v) is 4.57. The molecule has 0 bridgehead atoms. The van der Waals surface area contributed by atoms with Crippen molar-refractivity contribution < 1.29 is 22.7 Å². The first-order valence-corrected chi connectivity index (χ1v) is 6.05. The highest BCUT2D eigenvalue weighted by Crippen LogP contribution is 2.26. The number of carbonyl (C=O) groups excluding carboxylic acids is 1. The Morgan fingerprint density at radius 1 is 1.59 bits per heavy atom. The van der Waals surface area contributed by atoms with Crippen molar-refractivity contribution in [2.45, 2.75) is 32.5 Å². The molecule has 1 unspecified atom stereocenters. The Bertz CT molecular complexity index is 271. The first kappa shape index (κ1) is 16.5. The monoisotopic (exact) mass is 288 g/mol. The third-order valence-corrected chi connectivity index (χ3v) is 2.62. The van der Waals surface area contributed by atoms with Crippen molar-refractivity contribution in [2.75, 3.05) is 6.61 Å². The average molecular weight is 288 g/mol. The van der Waals surface area contributed by atoms with Gasteiger partial charge in [-0.05, 0) is 25.6 Å². The summed E-state index contributed by atoms with van der Waals surface area (Å²) in [6.07, 6.45) is -4.84. The minimum Gasteiger partial charge on any atom is -0.479 e. The first-order chi connectivity index (χ1) is 7.77. The molecule has 0 aromatic heterocycles. The van der Waals surface area contributed by atoms with E-state index in [1.807, 2.05) is 5.32 Å². The Morgan fingerprint density at radius 3 is 2.59 bits per heavy atom. The molecule has 0 spiro atoms. The molecule has 8 heteroatoms. The predicted octanol–water partition coefficient (Wildman–Crippen LogP) is 2.66. The van der Waals surface area contributed by atoms with Crippen LogP contribution in [-0.4, -0.2) is 29.1 Å². The van der Waals surface area contributed by atoms with E-state index in [2.05, 4.69) is 0 Å². The molecule has 1 N–H and O–H groups in total. The second kappa shape index (κ2) is 7.75. The molecule has 99 valence electrons. The zero-order chi connectivity index (χ0) is 13.5. The van der Waals surface area contributed by atoms with E-state index in [0.29, 0.717) is 6.61 Å². The first-order valence-electron chi connectivity index (χ1n) is 4.76. The van der Waals surface area contributed by atoms with Crippen LogP contribution in [0.1, 0.15) is 20.3 Å². The zero-order valence-corrected chi connectivity index (χ0v) is 11.0. The molecule has 1 radical (unpaired) electrons.